The number of hydrogen-bond acceptors (Lipinski definition) is 4. The summed E-state index contributed by atoms with van der Waals surface area (Å²) in [6.07, 6.45) is 0. The van der Waals surface area contributed by atoms with Gasteiger partial charge in [0.05, 0.1) is 17.7 Å². The fraction of sp³-hybridized carbons (Fsp3) is 0.182. The van der Waals surface area contributed by atoms with Gasteiger partial charge in [-0.05, 0) is 12.1 Å². The molecule has 0 aromatic heterocycles. The summed E-state index contributed by atoms with van der Waals surface area (Å²) < 4.78 is 0. The van der Waals surface area contributed by atoms with Gasteiger partial charge in [-0.1, -0.05) is 23.9 Å². The van der Waals surface area contributed by atoms with Crippen molar-refractivity contribution in [2.24, 2.45) is 4.99 Å². The van der Waals surface area contributed by atoms with Crippen molar-refractivity contribution in [2.75, 3.05) is 12.3 Å². The molecule has 16 heavy (non-hydrogen) atoms. The van der Waals surface area contributed by atoms with Crippen LogP contribution in [0.1, 0.15) is 20.7 Å². The molecule has 2 aliphatic rings. The second kappa shape index (κ2) is 3.45. The highest BCUT2D eigenvalue weighted by molar-refractivity contribution is 8.14. The average molecular weight is 232 g/mol. The van der Waals surface area contributed by atoms with Crippen molar-refractivity contribution in [3.05, 3.63) is 35.4 Å². The second-order valence-corrected chi connectivity index (χ2v) is 4.57. The molecule has 2 aliphatic heterocycles. The summed E-state index contributed by atoms with van der Waals surface area (Å²) in [5, 5.41) is 0.534. The maximum absolute atomic E-state index is 12.0. The number of amides is 2. The van der Waals surface area contributed by atoms with Crippen LogP contribution in [0.25, 0.3) is 0 Å². The molecule has 0 aliphatic carbocycles. The number of benzene rings is 1. The number of amidine groups is 1. The molecule has 0 unspecified atom stereocenters. The second-order valence-electron chi connectivity index (χ2n) is 3.50. The van der Waals surface area contributed by atoms with Crippen molar-refractivity contribution in [2.45, 2.75) is 0 Å². The number of rotatable bonds is 0. The van der Waals surface area contributed by atoms with Gasteiger partial charge in [-0.2, -0.15) is 0 Å². The molecule has 5 heteroatoms. The lowest BCUT2D eigenvalue weighted by Crippen LogP contribution is -2.33. The molecule has 0 radical (unpaired) electrons. The Morgan fingerprint density at radius 1 is 1.12 bits per heavy atom. The van der Waals surface area contributed by atoms with Crippen LogP contribution in [-0.4, -0.2) is 34.2 Å². The SMILES string of the molecule is O=C1c2ccccc2C(=O)N1C1=NCCS1. The van der Waals surface area contributed by atoms with Gasteiger partial charge >= 0.3 is 0 Å². The van der Waals surface area contributed by atoms with Crippen LogP contribution in [0.15, 0.2) is 29.3 Å². The minimum Gasteiger partial charge on any atom is -0.268 e. The van der Waals surface area contributed by atoms with E-state index in [0.717, 1.165) is 5.75 Å². The first-order valence-electron chi connectivity index (χ1n) is 4.94. The van der Waals surface area contributed by atoms with E-state index in [9.17, 15) is 9.59 Å². The quantitative estimate of drug-likeness (QED) is 0.635. The Morgan fingerprint density at radius 2 is 1.75 bits per heavy atom. The van der Waals surface area contributed by atoms with E-state index in [1.165, 1.54) is 16.7 Å². The number of hydrogen-bond donors (Lipinski definition) is 0. The first kappa shape index (κ1) is 9.59. The van der Waals surface area contributed by atoms with Crippen LogP contribution in [0, 0.1) is 0 Å². The monoisotopic (exact) mass is 232 g/mol. The van der Waals surface area contributed by atoms with Crippen LogP contribution in [0.2, 0.25) is 0 Å². The summed E-state index contributed by atoms with van der Waals surface area (Å²) in [6, 6.07) is 6.87. The predicted molar refractivity (Wildman–Crippen MR) is 61.7 cm³/mol. The molecule has 0 saturated carbocycles. The summed E-state index contributed by atoms with van der Waals surface area (Å²) in [5.74, 6) is 0.324. The third-order valence-corrected chi connectivity index (χ3v) is 3.51. The number of aliphatic imine (C=N–C) groups is 1. The summed E-state index contributed by atoms with van der Waals surface area (Å²) in [7, 11) is 0. The smallest absolute Gasteiger partial charge is 0.267 e. The van der Waals surface area contributed by atoms with Gasteiger partial charge in [0.2, 0.25) is 0 Å². The zero-order chi connectivity index (χ0) is 11.1. The van der Waals surface area contributed by atoms with Gasteiger partial charge < -0.3 is 0 Å². The maximum atomic E-state index is 12.0. The average Bonchev–Trinajstić information content (AvgIpc) is 2.89. The predicted octanol–water partition coefficient (Wildman–Crippen LogP) is 1.39. The van der Waals surface area contributed by atoms with E-state index in [-0.39, 0.29) is 11.8 Å². The summed E-state index contributed by atoms with van der Waals surface area (Å²) in [6.45, 7) is 0.674. The van der Waals surface area contributed by atoms with Crippen LogP contribution in [0.5, 0.6) is 0 Å². The van der Waals surface area contributed by atoms with Crippen molar-refractivity contribution < 1.29 is 9.59 Å². The number of fused-ring (bicyclic) bond motifs is 1. The Hall–Kier alpha value is -1.62. The zero-order valence-electron chi connectivity index (χ0n) is 8.34. The van der Waals surface area contributed by atoms with Gasteiger partial charge in [-0.25, -0.2) is 4.90 Å². The van der Waals surface area contributed by atoms with Crippen molar-refractivity contribution >= 4 is 28.7 Å². The molecular formula is C11H8N2O2S. The van der Waals surface area contributed by atoms with Crippen LogP contribution >= 0.6 is 11.8 Å². The largest absolute Gasteiger partial charge is 0.268 e. The zero-order valence-corrected chi connectivity index (χ0v) is 9.16. The van der Waals surface area contributed by atoms with Crippen LogP contribution in [-0.2, 0) is 0 Å². The fourth-order valence-electron chi connectivity index (χ4n) is 1.82. The lowest BCUT2D eigenvalue weighted by atomic mass is 10.1. The highest BCUT2D eigenvalue weighted by Gasteiger charge is 2.39. The lowest BCUT2D eigenvalue weighted by Gasteiger charge is -2.11. The lowest BCUT2D eigenvalue weighted by molar-refractivity contribution is 0.0752. The van der Waals surface area contributed by atoms with Crippen molar-refractivity contribution in [3.8, 4) is 0 Å². The van der Waals surface area contributed by atoms with Gasteiger partial charge in [-0.3, -0.25) is 14.6 Å². The fourth-order valence-corrected chi connectivity index (χ4v) is 2.66. The van der Waals surface area contributed by atoms with E-state index in [1.54, 1.807) is 24.3 Å². The Kier molecular flexibility index (Phi) is 2.07. The Morgan fingerprint density at radius 3 is 2.25 bits per heavy atom. The van der Waals surface area contributed by atoms with Gasteiger partial charge in [0.25, 0.3) is 11.8 Å². The molecule has 1 aromatic rings. The topological polar surface area (TPSA) is 49.7 Å². The first-order chi connectivity index (χ1) is 7.79. The van der Waals surface area contributed by atoms with E-state index in [4.69, 9.17) is 0 Å². The van der Waals surface area contributed by atoms with Crippen molar-refractivity contribution in [1.29, 1.82) is 0 Å². The number of carbonyl (C=O) groups excluding carboxylic acids is 2. The third-order valence-electron chi connectivity index (χ3n) is 2.55. The van der Waals surface area contributed by atoms with E-state index in [0.29, 0.717) is 22.8 Å². The third kappa shape index (κ3) is 1.21. The van der Waals surface area contributed by atoms with Gasteiger partial charge in [0, 0.05) is 5.75 Å². The van der Waals surface area contributed by atoms with E-state index < -0.39 is 0 Å². The number of carbonyl (C=O) groups is 2. The molecule has 2 amide bonds. The number of nitrogens with zero attached hydrogens (tertiary/aromatic N) is 2. The van der Waals surface area contributed by atoms with Crippen LogP contribution < -0.4 is 0 Å². The standard InChI is InChI=1S/C11H8N2O2S/c14-9-7-3-1-2-4-8(7)10(15)13(9)11-12-5-6-16-11/h1-4H,5-6H2. The van der Waals surface area contributed by atoms with E-state index in [1.807, 2.05) is 0 Å². The molecule has 1 aromatic carbocycles. The maximum Gasteiger partial charge on any atom is 0.267 e. The molecule has 4 nitrogen and oxygen atoms in total. The minimum absolute atomic E-state index is 0.256. The Balaban J connectivity index is 2.07. The molecule has 0 N–H and O–H groups in total. The van der Waals surface area contributed by atoms with E-state index >= 15 is 0 Å². The minimum atomic E-state index is -0.256. The molecule has 0 fully saturated rings. The van der Waals surface area contributed by atoms with Crippen LogP contribution in [0.4, 0.5) is 0 Å². The Bertz CT molecular complexity index is 489. The van der Waals surface area contributed by atoms with Gasteiger partial charge in [0.15, 0.2) is 5.17 Å². The van der Waals surface area contributed by atoms with Crippen molar-refractivity contribution in [3.63, 3.8) is 0 Å². The number of imide groups is 1. The molecule has 0 bridgehead atoms. The van der Waals surface area contributed by atoms with E-state index in [2.05, 4.69) is 4.99 Å². The molecule has 2 heterocycles. The molecule has 3 rings (SSSR count). The summed E-state index contributed by atoms with van der Waals surface area (Å²) >= 11 is 1.45. The van der Waals surface area contributed by atoms with Gasteiger partial charge in [-0.15, -0.1) is 0 Å². The van der Waals surface area contributed by atoms with Crippen molar-refractivity contribution in [1.82, 2.24) is 4.90 Å². The van der Waals surface area contributed by atoms with Gasteiger partial charge in [0.1, 0.15) is 0 Å². The molecule has 80 valence electrons. The normalized spacial score (nSPS) is 19.0. The van der Waals surface area contributed by atoms with Crippen LogP contribution in [0.3, 0.4) is 0 Å². The summed E-state index contributed by atoms with van der Waals surface area (Å²) in [4.78, 5) is 29.4. The highest BCUT2D eigenvalue weighted by Crippen LogP contribution is 2.27. The molecular weight excluding hydrogens is 224 g/mol. The molecule has 0 saturated heterocycles. The highest BCUT2D eigenvalue weighted by atomic mass is 32.2. The summed E-state index contributed by atoms with van der Waals surface area (Å²) in [5.41, 5.74) is 0.949. The Labute approximate surface area is 96.3 Å². The number of thioether (sulfide) groups is 1. The molecule has 0 atom stereocenters. The first-order valence-corrected chi connectivity index (χ1v) is 5.92. The molecule has 0 spiro atoms.